The second-order valence-corrected chi connectivity index (χ2v) is 8.32. The maximum atomic E-state index is 13.0. The molecule has 1 saturated heterocycles. The van der Waals surface area contributed by atoms with Crippen LogP contribution in [-0.4, -0.2) is 22.1 Å². The molecule has 1 aliphatic rings. The highest BCUT2D eigenvalue weighted by molar-refractivity contribution is 5.70. The summed E-state index contributed by atoms with van der Waals surface area (Å²) < 4.78 is 7.50. The smallest absolute Gasteiger partial charge is 0.411 e. The lowest BCUT2D eigenvalue weighted by Gasteiger charge is -2.42. The molecular formula is C26H28N2O3. The molecule has 5 heteroatoms. The van der Waals surface area contributed by atoms with Crippen LogP contribution in [0.25, 0.3) is 11.1 Å². The number of carbonyl (C=O) groups is 1. The van der Waals surface area contributed by atoms with E-state index in [2.05, 4.69) is 6.92 Å². The topological polar surface area (TPSA) is 51.5 Å². The Morgan fingerprint density at radius 3 is 2.32 bits per heavy atom. The lowest BCUT2D eigenvalue weighted by molar-refractivity contribution is -0.0511. The Bertz CT molecular complexity index is 1120. The molecule has 1 aromatic heterocycles. The number of cyclic esters (lactones) is 1. The van der Waals surface area contributed by atoms with Gasteiger partial charge in [0.15, 0.2) is 0 Å². The largest absolute Gasteiger partial charge is 0.438 e. The summed E-state index contributed by atoms with van der Waals surface area (Å²) in [6.45, 7) is 4.70. The van der Waals surface area contributed by atoms with Crippen molar-refractivity contribution in [2.75, 3.05) is 6.54 Å². The fraction of sp³-hybridized carbons (Fsp3) is 0.308. The van der Waals surface area contributed by atoms with Gasteiger partial charge in [-0.25, -0.2) is 4.79 Å². The summed E-state index contributed by atoms with van der Waals surface area (Å²) in [5.74, 6) is 0. The van der Waals surface area contributed by atoms with Gasteiger partial charge in [0.25, 0.3) is 5.56 Å². The Morgan fingerprint density at radius 1 is 1.00 bits per heavy atom. The number of benzene rings is 2. The first-order chi connectivity index (χ1) is 14.9. The van der Waals surface area contributed by atoms with Crippen molar-refractivity contribution >= 4 is 6.09 Å². The van der Waals surface area contributed by atoms with Crippen LogP contribution in [0.4, 0.5) is 4.79 Å². The summed E-state index contributed by atoms with van der Waals surface area (Å²) in [5, 5.41) is 0. The fourth-order valence-electron chi connectivity index (χ4n) is 4.27. The summed E-state index contributed by atoms with van der Waals surface area (Å²) >= 11 is 0. The van der Waals surface area contributed by atoms with Crippen molar-refractivity contribution in [3.8, 4) is 11.1 Å². The minimum atomic E-state index is -0.601. The number of amides is 1. The molecule has 31 heavy (non-hydrogen) atoms. The van der Waals surface area contributed by atoms with E-state index in [0.29, 0.717) is 6.54 Å². The zero-order valence-electron chi connectivity index (χ0n) is 18.2. The van der Waals surface area contributed by atoms with Gasteiger partial charge < -0.3 is 14.2 Å². The molecule has 2 aromatic carbocycles. The molecule has 0 N–H and O–H groups in total. The highest BCUT2D eigenvalue weighted by Crippen LogP contribution is 2.37. The first-order valence-electron chi connectivity index (χ1n) is 10.7. The molecule has 0 spiro atoms. The van der Waals surface area contributed by atoms with Crippen LogP contribution in [0.1, 0.15) is 43.9 Å². The maximum Gasteiger partial charge on any atom is 0.411 e. The quantitative estimate of drug-likeness (QED) is 0.570. The summed E-state index contributed by atoms with van der Waals surface area (Å²) in [4.78, 5) is 26.7. The van der Waals surface area contributed by atoms with Gasteiger partial charge in [-0.15, -0.1) is 0 Å². The van der Waals surface area contributed by atoms with Crippen LogP contribution in [0.2, 0.25) is 0 Å². The number of aryl methyl sites for hydroxylation is 1. The van der Waals surface area contributed by atoms with Crippen LogP contribution in [0.15, 0.2) is 77.7 Å². The number of nitrogens with zero attached hydrogens (tertiary/aromatic N) is 2. The number of pyridine rings is 1. The van der Waals surface area contributed by atoms with Crippen LogP contribution in [-0.2, 0) is 17.4 Å². The molecular weight excluding hydrogens is 388 g/mol. The predicted molar refractivity (Wildman–Crippen MR) is 122 cm³/mol. The molecule has 0 saturated carbocycles. The van der Waals surface area contributed by atoms with E-state index in [0.717, 1.165) is 35.1 Å². The average Bonchev–Trinajstić information content (AvgIpc) is 2.79. The number of carbonyl (C=O) groups excluding carboxylic acids is 1. The first-order valence-corrected chi connectivity index (χ1v) is 10.7. The van der Waals surface area contributed by atoms with E-state index >= 15 is 0 Å². The van der Waals surface area contributed by atoms with Gasteiger partial charge in [-0.1, -0.05) is 61.5 Å². The highest BCUT2D eigenvalue weighted by Gasteiger charge is 2.40. The lowest BCUT2D eigenvalue weighted by Crippen LogP contribution is -2.47. The Kier molecular flexibility index (Phi) is 5.68. The van der Waals surface area contributed by atoms with Crippen LogP contribution in [0.3, 0.4) is 0 Å². The monoisotopic (exact) mass is 416 g/mol. The molecule has 0 aliphatic carbocycles. The summed E-state index contributed by atoms with van der Waals surface area (Å²) in [6.07, 6.45) is 3.03. The zero-order chi connectivity index (χ0) is 22.0. The number of rotatable bonds is 5. The summed E-state index contributed by atoms with van der Waals surface area (Å²) in [5.41, 5.74) is 3.32. The Balaban J connectivity index is 1.53. The van der Waals surface area contributed by atoms with Crippen molar-refractivity contribution in [1.82, 2.24) is 9.47 Å². The molecule has 0 bridgehead atoms. The molecule has 1 unspecified atom stereocenters. The molecule has 160 valence electrons. The molecule has 1 fully saturated rings. The van der Waals surface area contributed by atoms with Crippen LogP contribution >= 0.6 is 0 Å². The van der Waals surface area contributed by atoms with Gasteiger partial charge >= 0.3 is 6.09 Å². The van der Waals surface area contributed by atoms with Crippen molar-refractivity contribution in [2.24, 2.45) is 7.05 Å². The van der Waals surface area contributed by atoms with E-state index < -0.39 is 5.60 Å². The van der Waals surface area contributed by atoms with Crippen LogP contribution < -0.4 is 5.56 Å². The number of ether oxygens (including phenoxy) is 1. The van der Waals surface area contributed by atoms with Gasteiger partial charge in [0, 0.05) is 32.3 Å². The molecule has 0 radical (unpaired) electrons. The van der Waals surface area contributed by atoms with E-state index in [-0.39, 0.29) is 17.7 Å². The van der Waals surface area contributed by atoms with Gasteiger partial charge in [0.1, 0.15) is 5.60 Å². The van der Waals surface area contributed by atoms with Gasteiger partial charge in [0.2, 0.25) is 0 Å². The van der Waals surface area contributed by atoms with Crippen molar-refractivity contribution in [1.29, 1.82) is 0 Å². The normalized spacial score (nSPS) is 19.7. The third-order valence-electron chi connectivity index (χ3n) is 6.26. The van der Waals surface area contributed by atoms with Crippen LogP contribution in [0.5, 0.6) is 0 Å². The molecule has 1 aliphatic heterocycles. The highest BCUT2D eigenvalue weighted by atomic mass is 16.6. The average molecular weight is 417 g/mol. The van der Waals surface area contributed by atoms with Gasteiger partial charge in [-0.2, -0.15) is 0 Å². The van der Waals surface area contributed by atoms with Crippen molar-refractivity contribution < 1.29 is 9.53 Å². The van der Waals surface area contributed by atoms with E-state index in [4.69, 9.17) is 4.74 Å². The third kappa shape index (κ3) is 4.13. The predicted octanol–water partition coefficient (Wildman–Crippen LogP) is 5.26. The minimum Gasteiger partial charge on any atom is -0.438 e. The lowest BCUT2D eigenvalue weighted by atomic mass is 9.90. The van der Waals surface area contributed by atoms with Crippen LogP contribution in [0, 0.1) is 0 Å². The Hall–Kier alpha value is -3.34. The molecule has 1 amide bonds. The number of hydrogen-bond acceptors (Lipinski definition) is 3. The van der Waals surface area contributed by atoms with E-state index in [9.17, 15) is 9.59 Å². The Morgan fingerprint density at radius 2 is 1.71 bits per heavy atom. The molecule has 3 aromatic rings. The summed E-state index contributed by atoms with van der Waals surface area (Å²) in [6, 6.07) is 21.5. The molecule has 4 rings (SSSR count). The third-order valence-corrected chi connectivity index (χ3v) is 6.26. The first kappa shape index (κ1) is 20.9. The van der Waals surface area contributed by atoms with Gasteiger partial charge in [-0.05, 0) is 41.7 Å². The van der Waals surface area contributed by atoms with E-state index in [1.807, 2.05) is 72.5 Å². The van der Waals surface area contributed by atoms with Crippen molar-refractivity contribution in [3.05, 3.63) is 94.4 Å². The van der Waals surface area contributed by atoms with Gasteiger partial charge in [0.05, 0.1) is 6.04 Å². The Labute approximate surface area is 182 Å². The zero-order valence-corrected chi connectivity index (χ0v) is 18.2. The standard InChI is InChI=1S/C26H28N2O3/c1-4-23(20-12-10-19(11-13-20)21-14-16-27(3)24(29)18-21)28-17-15-26(2,31-25(28)30)22-8-6-5-7-9-22/h5-14,16,18,23H,4,15,17H2,1-3H3/t23?,26-/m1/s1. The molecule has 2 heterocycles. The van der Waals surface area contributed by atoms with E-state index in [1.54, 1.807) is 23.9 Å². The number of aromatic nitrogens is 1. The molecule has 2 atom stereocenters. The maximum absolute atomic E-state index is 13.0. The van der Waals surface area contributed by atoms with Crippen molar-refractivity contribution in [2.45, 2.75) is 38.3 Å². The summed E-state index contributed by atoms with van der Waals surface area (Å²) in [7, 11) is 1.74. The fourth-order valence-corrected chi connectivity index (χ4v) is 4.27. The number of hydrogen-bond donors (Lipinski definition) is 0. The molecule has 5 nitrogen and oxygen atoms in total. The SMILES string of the molecule is CCC(c1ccc(-c2ccn(C)c(=O)c2)cc1)N1CC[C@](C)(c2ccccc2)OC1=O. The second kappa shape index (κ2) is 8.42. The second-order valence-electron chi connectivity index (χ2n) is 8.32. The van der Waals surface area contributed by atoms with E-state index in [1.165, 1.54) is 0 Å². The van der Waals surface area contributed by atoms with Gasteiger partial charge in [-0.3, -0.25) is 4.79 Å². The minimum absolute atomic E-state index is 0.0365. The van der Waals surface area contributed by atoms with Crippen molar-refractivity contribution in [3.63, 3.8) is 0 Å².